The third-order valence-corrected chi connectivity index (χ3v) is 4.44. The van der Waals surface area contributed by atoms with Crippen molar-refractivity contribution in [3.8, 4) is 0 Å². The number of imidazole rings is 2. The molecule has 8 heteroatoms. The maximum Gasteiger partial charge on any atom is 0.112 e. The first-order valence-corrected chi connectivity index (χ1v) is 10.3. The number of hydrogen-bond donors (Lipinski definition) is 3. The lowest BCUT2D eigenvalue weighted by Gasteiger charge is -1.81. The van der Waals surface area contributed by atoms with Crippen molar-refractivity contribution in [3.63, 3.8) is 0 Å². The average molecular weight is 435 g/mol. The number of benzene rings is 3. The summed E-state index contributed by atoms with van der Waals surface area (Å²) in [6.07, 6.45) is 6.90. The van der Waals surface area contributed by atoms with E-state index in [9.17, 15) is 0 Å². The van der Waals surface area contributed by atoms with Crippen molar-refractivity contribution in [2.75, 3.05) is 0 Å². The van der Waals surface area contributed by atoms with Crippen LogP contribution >= 0.6 is 0 Å². The topological polar surface area (TPSA) is 112 Å². The lowest BCUT2D eigenvalue weighted by atomic mass is 10.3. The molecule has 7 rings (SSSR count). The lowest BCUT2D eigenvalue weighted by Crippen LogP contribution is -1.63. The Morgan fingerprint density at radius 2 is 0.909 bits per heavy atom. The minimum atomic E-state index is 0.914. The van der Waals surface area contributed by atoms with Gasteiger partial charge in [-0.15, -0.1) is 0 Å². The van der Waals surface area contributed by atoms with E-state index >= 15 is 0 Å². The van der Waals surface area contributed by atoms with Gasteiger partial charge in [0.05, 0.1) is 34.7 Å². The number of H-pyrrole nitrogens is 3. The molecular weight excluding hydrogens is 412 g/mol. The van der Waals surface area contributed by atoms with Crippen molar-refractivity contribution in [2.45, 2.75) is 0 Å². The second kappa shape index (κ2) is 11.5. The van der Waals surface area contributed by atoms with E-state index in [0.717, 1.165) is 33.1 Å². The number of nitrogens with one attached hydrogen (secondary N) is 3. The maximum absolute atomic E-state index is 4.06. The predicted octanol–water partition coefficient (Wildman–Crippen LogP) is 5.17. The van der Waals surface area contributed by atoms with Crippen LogP contribution in [0.1, 0.15) is 0 Å². The predicted molar refractivity (Wildman–Crippen MR) is 130 cm³/mol. The molecular formula is C25H22N8. The molecule has 0 aliphatic rings. The summed E-state index contributed by atoms with van der Waals surface area (Å²) in [6.45, 7) is 0. The number of aromatic amines is 3. The molecule has 0 atom stereocenters. The van der Waals surface area contributed by atoms with E-state index < -0.39 is 0 Å². The third kappa shape index (κ3) is 6.31. The number of pyridine rings is 1. The summed E-state index contributed by atoms with van der Waals surface area (Å²) in [5.41, 5.74) is 6.07. The van der Waals surface area contributed by atoms with Crippen molar-refractivity contribution >= 4 is 33.1 Å². The maximum atomic E-state index is 4.06. The number of nitrogens with zero attached hydrogens (tertiary/aromatic N) is 5. The van der Waals surface area contributed by atoms with Crippen molar-refractivity contribution in [1.29, 1.82) is 0 Å². The third-order valence-electron chi connectivity index (χ3n) is 4.44. The van der Waals surface area contributed by atoms with Gasteiger partial charge >= 0.3 is 0 Å². The van der Waals surface area contributed by atoms with Gasteiger partial charge in [0.1, 0.15) is 11.0 Å². The molecule has 0 amide bonds. The van der Waals surface area contributed by atoms with E-state index in [1.165, 1.54) is 0 Å². The zero-order valence-corrected chi connectivity index (χ0v) is 17.7. The van der Waals surface area contributed by atoms with Crippen LogP contribution in [0.25, 0.3) is 33.1 Å². The molecule has 4 heterocycles. The van der Waals surface area contributed by atoms with Crippen molar-refractivity contribution < 1.29 is 0 Å². The number of rotatable bonds is 0. The van der Waals surface area contributed by atoms with Crippen LogP contribution in [0.4, 0.5) is 0 Å². The van der Waals surface area contributed by atoms with Crippen LogP contribution in [0.15, 0.2) is 116 Å². The molecule has 0 aliphatic carbocycles. The molecule has 0 bridgehead atoms. The Labute approximate surface area is 189 Å². The van der Waals surface area contributed by atoms with Gasteiger partial charge in [-0.05, 0) is 48.5 Å². The first-order valence-electron chi connectivity index (χ1n) is 10.3. The van der Waals surface area contributed by atoms with Gasteiger partial charge in [0.15, 0.2) is 0 Å². The van der Waals surface area contributed by atoms with Gasteiger partial charge in [-0.1, -0.05) is 42.5 Å². The fourth-order valence-electron chi connectivity index (χ4n) is 2.86. The van der Waals surface area contributed by atoms with E-state index in [4.69, 9.17) is 0 Å². The Bertz CT molecular complexity index is 1210. The molecule has 162 valence electrons. The van der Waals surface area contributed by atoms with Crippen LogP contribution in [0.3, 0.4) is 0 Å². The van der Waals surface area contributed by atoms with E-state index in [1.54, 1.807) is 25.0 Å². The van der Waals surface area contributed by atoms with Crippen molar-refractivity contribution in [1.82, 2.24) is 40.3 Å². The minimum absolute atomic E-state index is 0.914. The van der Waals surface area contributed by atoms with Gasteiger partial charge in [0.25, 0.3) is 0 Å². The Hall–Kier alpha value is -4.85. The summed E-state index contributed by atoms with van der Waals surface area (Å²) in [5, 5.41) is 10.3. The Morgan fingerprint density at radius 1 is 0.455 bits per heavy atom. The summed E-state index contributed by atoms with van der Waals surface area (Å²) in [4.78, 5) is 17.9. The number of aromatic nitrogens is 8. The van der Waals surface area contributed by atoms with Crippen LogP contribution in [-0.2, 0) is 0 Å². The summed E-state index contributed by atoms with van der Waals surface area (Å²) in [7, 11) is 0. The first-order chi connectivity index (χ1) is 16.4. The standard InChI is InChI=1S/2C7H6N2.C6H5N3.C5H5N/c2*1-2-4-7-6(3-1)8-5-9-7;1-2-4-6-5(3-1)7-9-8-6;1-2-4-6-5-3-1/h2*1-5H,(H,8,9);1-4H,(H,7,8,9);1-5H. The van der Waals surface area contributed by atoms with E-state index in [-0.39, 0.29) is 0 Å². The molecule has 3 N–H and O–H groups in total. The van der Waals surface area contributed by atoms with Crippen LogP contribution in [0, 0.1) is 0 Å². The Morgan fingerprint density at radius 3 is 1.30 bits per heavy atom. The normalized spacial score (nSPS) is 9.82. The van der Waals surface area contributed by atoms with E-state index in [1.807, 2.05) is 91.0 Å². The number of fused-ring (bicyclic) bond motifs is 3. The van der Waals surface area contributed by atoms with Gasteiger partial charge in [-0.3, -0.25) is 4.98 Å². The molecule has 7 aromatic rings. The largest absolute Gasteiger partial charge is 0.345 e. The zero-order chi connectivity index (χ0) is 22.6. The molecule has 33 heavy (non-hydrogen) atoms. The smallest absolute Gasteiger partial charge is 0.112 e. The molecule has 4 aromatic heterocycles. The van der Waals surface area contributed by atoms with Gasteiger partial charge < -0.3 is 9.97 Å². The SMILES string of the molecule is c1ccc2[nH]cnc2c1.c1ccc2[nH]cnc2c1.c1ccc2n[nH]nc2c1.c1ccncc1. The molecule has 8 nitrogen and oxygen atoms in total. The molecule has 0 radical (unpaired) electrons. The Kier molecular flexibility index (Phi) is 7.46. The lowest BCUT2D eigenvalue weighted by molar-refractivity contribution is 0.959. The van der Waals surface area contributed by atoms with Gasteiger partial charge in [-0.25, -0.2) is 9.97 Å². The van der Waals surface area contributed by atoms with Gasteiger partial charge in [0, 0.05) is 12.4 Å². The fraction of sp³-hybridized carbons (Fsp3) is 0. The van der Waals surface area contributed by atoms with E-state index in [0.29, 0.717) is 0 Å². The summed E-state index contributed by atoms with van der Waals surface area (Å²) in [5.74, 6) is 0. The van der Waals surface area contributed by atoms with Gasteiger partial charge in [0.2, 0.25) is 0 Å². The number of para-hydroxylation sites is 6. The summed E-state index contributed by atoms with van der Waals surface area (Å²) in [6, 6.07) is 29.3. The first kappa shape index (κ1) is 21.4. The average Bonchev–Trinajstić information content (AvgIpc) is 3.67. The molecule has 0 saturated carbocycles. The minimum Gasteiger partial charge on any atom is -0.345 e. The highest BCUT2D eigenvalue weighted by Gasteiger charge is 1.91. The highest BCUT2D eigenvalue weighted by Crippen LogP contribution is 2.06. The van der Waals surface area contributed by atoms with Crippen molar-refractivity contribution in [3.05, 3.63) is 116 Å². The second-order valence-electron chi connectivity index (χ2n) is 6.68. The zero-order valence-electron chi connectivity index (χ0n) is 17.7. The van der Waals surface area contributed by atoms with Crippen molar-refractivity contribution in [2.24, 2.45) is 0 Å². The number of hydrogen-bond acceptors (Lipinski definition) is 5. The molecule has 0 aliphatic heterocycles. The fourth-order valence-corrected chi connectivity index (χ4v) is 2.86. The van der Waals surface area contributed by atoms with Crippen LogP contribution < -0.4 is 0 Å². The molecule has 0 unspecified atom stereocenters. The molecule has 0 spiro atoms. The second-order valence-corrected chi connectivity index (χ2v) is 6.68. The van der Waals surface area contributed by atoms with E-state index in [2.05, 4.69) is 40.3 Å². The Balaban J connectivity index is 0.000000106. The monoisotopic (exact) mass is 434 g/mol. The molecule has 0 fully saturated rings. The highest BCUT2D eigenvalue weighted by atomic mass is 15.3. The molecule has 3 aromatic carbocycles. The quantitative estimate of drug-likeness (QED) is 0.305. The van der Waals surface area contributed by atoms with Crippen LogP contribution in [-0.4, -0.2) is 40.3 Å². The van der Waals surface area contributed by atoms with Gasteiger partial charge in [-0.2, -0.15) is 15.4 Å². The summed E-state index contributed by atoms with van der Waals surface area (Å²) >= 11 is 0. The highest BCUT2D eigenvalue weighted by molar-refractivity contribution is 5.74. The van der Waals surface area contributed by atoms with Crippen LogP contribution in [0.5, 0.6) is 0 Å². The van der Waals surface area contributed by atoms with Crippen LogP contribution in [0.2, 0.25) is 0 Å². The molecule has 0 saturated heterocycles. The summed E-state index contributed by atoms with van der Waals surface area (Å²) < 4.78 is 0.